The van der Waals surface area contributed by atoms with Crippen LogP contribution in [0.5, 0.6) is 0 Å². The van der Waals surface area contributed by atoms with Crippen molar-refractivity contribution in [3.05, 3.63) is 23.7 Å². The molecule has 0 aromatic carbocycles. The minimum Gasteiger partial charge on any atom is -0.385 e. The van der Waals surface area contributed by atoms with Crippen molar-refractivity contribution in [2.75, 3.05) is 6.54 Å². The number of allylic oxidation sites excluding steroid dienone is 1. The van der Waals surface area contributed by atoms with Crippen LogP contribution in [0.3, 0.4) is 0 Å². The molecular formula is C5H8N4. The van der Waals surface area contributed by atoms with Gasteiger partial charge in [0.15, 0.2) is 0 Å². The minimum absolute atomic E-state index is 0.867. The molecule has 0 saturated carbocycles. The van der Waals surface area contributed by atoms with Gasteiger partial charge in [-0.05, 0) is 12.3 Å². The van der Waals surface area contributed by atoms with Crippen LogP contribution < -0.4 is 21.7 Å². The molecule has 0 saturated heterocycles. The van der Waals surface area contributed by atoms with Crippen molar-refractivity contribution < 1.29 is 0 Å². The van der Waals surface area contributed by atoms with E-state index >= 15 is 0 Å². The molecule has 4 heteroatoms. The van der Waals surface area contributed by atoms with Crippen LogP contribution in [0.15, 0.2) is 23.7 Å². The maximum absolute atomic E-state index is 3.08. The third-order valence-corrected chi connectivity index (χ3v) is 1.38. The van der Waals surface area contributed by atoms with Gasteiger partial charge >= 0.3 is 0 Å². The molecule has 48 valence electrons. The Morgan fingerprint density at radius 3 is 3.22 bits per heavy atom. The van der Waals surface area contributed by atoms with Gasteiger partial charge in [-0.15, -0.1) is 0 Å². The normalized spacial score (nSPS) is 22.2. The summed E-state index contributed by atoms with van der Waals surface area (Å²) in [7, 11) is 0. The second kappa shape index (κ2) is 1.66. The van der Waals surface area contributed by atoms with Crippen LogP contribution in [0.25, 0.3) is 0 Å². The molecule has 0 fully saturated rings. The zero-order valence-corrected chi connectivity index (χ0v) is 4.86. The molecule has 0 atom stereocenters. The molecule has 0 aliphatic carbocycles. The molecule has 0 unspecified atom stereocenters. The van der Waals surface area contributed by atoms with Crippen molar-refractivity contribution in [1.82, 2.24) is 21.7 Å². The molecule has 9 heavy (non-hydrogen) atoms. The summed E-state index contributed by atoms with van der Waals surface area (Å²) >= 11 is 0. The van der Waals surface area contributed by atoms with Crippen LogP contribution in [0.2, 0.25) is 0 Å². The summed E-state index contributed by atoms with van der Waals surface area (Å²) in [6.45, 7) is 0.867. The van der Waals surface area contributed by atoms with Crippen molar-refractivity contribution in [1.29, 1.82) is 0 Å². The van der Waals surface area contributed by atoms with Gasteiger partial charge in [-0.2, -0.15) is 5.53 Å². The molecule has 2 heterocycles. The molecule has 2 aliphatic rings. The molecule has 0 aromatic heterocycles. The van der Waals surface area contributed by atoms with E-state index in [0.29, 0.717) is 0 Å². The first-order valence-corrected chi connectivity index (χ1v) is 2.87. The number of rotatable bonds is 0. The highest BCUT2D eigenvalue weighted by molar-refractivity contribution is 5.28. The smallest absolute Gasteiger partial charge is 0.0741 e. The van der Waals surface area contributed by atoms with Crippen LogP contribution in [0.1, 0.15) is 0 Å². The topological polar surface area (TPSA) is 48.1 Å². The fourth-order valence-corrected chi connectivity index (χ4v) is 0.902. The van der Waals surface area contributed by atoms with Crippen molar-refractivity contribution in [2.45, 2.75) is 0 Å². The van der Waals surface area contributed by atoms with E-state index in [9.17, 15) is 0 Å². The molecule has 0 amide bonds. The average Bonchev–Trinajstić information content (AvgIpc) is 2.33. The maximum Gasteiger partial charge on any atom is 0.0741 e. The summed E-state index contributed by atoms with van der Waals surface area (Å²) in [5.41, 5.74) is 11.0. The Balaban J connectivity index is 2.28. The van der Waals surface area contributed by atoms with Gasteiger partial charge in [-0.25, -0.2) is 0 Å². The van der Waals surface area contributed by atoms with Gasteiger partial charge in [0.25, 0.3) is 0 Å². The molecule has 0 radical (unpaired) electrons. The zero-order chi connectivity index (χ0) is 6.10. The Bertz CT molecular complexity index is 181. The lowest BCUT2D eigenvalue weighted by Crippen LogP contribution is -2.33. The van der Waals surface area contributed by atoms with E-state index in [1.807, 2.05) is 12.3 Å². The quantitative estimate of drug-likeness (QED) is 0.332. The SMILES string of the molecule is C1=CC2=C(CN1)NNN2. The predicted octanol–water partition coefficient (Wildman–Crippen LogP) is -1.07. The fourth-order valence-electron chi connectivity index (χ4n) is 0.902. The van der Waals surface area contributed by atoms with Gasteiger partial charge in [0.1, 0.15) is 0 Å². The predicted molar refractivity (Wildman–Crippen MR) is 33.6 cm³/mol. The highest BCUT2D eigenvalue weighted by Gasteiger charge is 2.11. The fraction of sp³-hybridized carbons (Fsp3) is 0.200. The van der Waals surface area contributed by atoms with Gasteiger partial charge in [0.05, 0.1) is 17.9 Å². The molecule has 4 N–H and O–H groups in total. The maximum atomic E-state index is 3.08. The van der Waals surface area contributed by atoms with E-state index < -0.39 is 0 Å². The molecule has 0 spiro atoms. The monoisotopic (exact) mass is 124 g/mol. The van der Waals surface area contributed by atoms with Crippen LogP contribution in [-0.2, 0) is 0 Å². The van der Waals surface area contributed by atoms with Crippen LogP contribution in [-0.4, -0.2) is 6.54 Å². The number of hydrogen-bond acceptors (Lipinski definition) is 4. The van der Waals surface area contributed by atoms with Crippen LogP contribution in [0, 0.1) is 0 Å². The first-order chi connectivity index (χ1) is 4.47. The lowest BCUT2D eigenvalue weighted by molar-refractivity contribution is 0.589. The molecule has 2 rings (SSSR count). The minimum atomic E-state index is 0.867. The van der Waals surface area contributed by atoms with Crippen LogP contribution in [0.4, 0.5) is 0 Å². The Morgan fingerprint density at radius 2 is 2.33 bits per heavy atom. The van der Waals surface area contributed by atoms with E-state index in [1.54, 1.807) is 0 Å². The Labute approximate surface area is 52.9 Å². The van der Waals surface area contributed by atoms with Crippen molar-refractivity contribution in [2.24, 2.45) is 0 Å². The third kappa shape index (κ3) is 0.639. The standard InChI is InChI=1S/C5H8N4/c1-2-6-3-5-4(1)7-9-8-5/h1-2,6-9H,3H2. The summed E-state index contributed by atoms with van der Waals surface area (Å²) in [4.78, 5) is 0. The van der Waals surface area contributed by atoms with E-state index in [0.717, 1.165) is 17.9 Å². The molecule has 0 aromatic rings. The first-order valence-electron chi connectivity index (χ1n) is 2.87. The van der Waals surface area contributed by atoms with Gasteiger partial charge in [0, 0.05) is 0 Å². The van der Waals surface area contributed by atoms with Gasteiger partial charge < -0.3 is 16.2 Å². The largest absolute Gasteiger partial charge is 0.385 e. The number of dihydropyridines is 1. The first kappa shape index (κ1) is 4.69. The summed E-state index contributed by atoms with van der Waals surface area (Å²) in [6.07, 6.45) is 3.90. The van der Waals surface area contributed by atoms with Gasteiger partial charge in [-0.1, -0.05) is 0 Å². The van der Waals surface area contributed by atoms with Gasteiger partial charge in [0.2, 0.25) is 0 Å². The van der Waals surface area contributed by atoms with Crippen molar-refractivity contribution in [3.8, 4) is 0 Å². The lowest BCUT2D eigenvalue weighted by Gasteiger charge is -2.06. The second-order valence-corrected chi connectivity index (χ2v) is 1.98. The number of hydrogen-bond donors (Lipinski definition) is 4. The zero-order valence-electron chi connectivity index (χ0n) is 4.86. The highest BCUT2D eigenvalue weighted by atomic mass is 15.6. The Kier molecular flexibility index (Phi) is 0.868. The summed E-state index contributed by atoms with van der Waals surface area (Å²) in [5.74, 6) is 0. The van der Waals surface area contributed by atoms with Crippen LogP contribution >= 0.6 is 0 Å². The molecule has 2 aliphatic heterocycles. The number of nitrogens with one attached hydrogen (secondary N) is 4. The highest BCUT2D eigenvalue weighted by Crippen LogP contribution is 2.04. The van der Waals surface area contributed by atoms with E-state index in [-0.39, 0.29) is 0 Å². The Morgan fingerprint density at radius 1 is 1.33 bits per heavy atom. The van der Waals surface area contributed by atoms with Crippen molar-refractivity contribution >= 4 is 0 Å². The van der Waals surface area contributed by atoms with E-state index in [1.165, 1.54) is 0 Å². The summed E-state index contributed by atoms with van der Waals surface area (Å²) in [5, 5.41) is 3.08. The molecule has 0 bridgehead atoms. The molecular weight excluding hydrogens is 116 g/mol. The lowest BCUT2D eigenvalue weighted by atomic mass is 10.3. The summed E-state index contributed by atoms with van der Waals surface area (Å²) in [6, 6.07) is 0. The van der Waals surface area contributed by atoms with E-state index in [4.69, 9.17) is 0 Å². The Hall–Kier alpha value is -1.16. The second-order valence-electron chi connectivity index (χ2n) is 1.98. The molecule has 4 nitrogen and oxygen atoms in total. The third-order valence-electron chi connectivity index (χ3n) is 1.38. The average molecular weight is 124 g/mol. The van der Waals surface area contributed by atoms with E-state index in [2.05, 4.69) is 21.7 Å². The van der Waals surface area contributed by atoms with Crippen molar-refractivity contribution in [3.63, 3.8) is 0 Å². The summed E-state index contributed by atoms with van der Waals surface area (Å²) < 4.78 is 0. The number of hydrazine groups is 2. The van der Waals surface area contributed by atoms with Gasteiger partial charge in [-0.3, -0.25) is 0 Å².